The molecule has 5 heteroatoms. The van der Waals surface area contributed by atoms with Crippen LogP contribution in [-0.2, 0) is 11.2 Å². The number of carboxylic acid groups (broad SMARTS) is 1. The predicted octanol–water partition coefficient (Wildman–Crippen LogP) is 3.87. The molecule has 0 radical (unpaired) electrons. The molecule has 3 nitrogen and oxygen atoms in total. The van der Waals surface area contributed by atoms with E-state index in [2.05, 4.69) is 4.98 Å². The van der Waals surface area contributed by atoms with Gasteiger partial charge in [-0.2, -0.15) is 0 Å². The molecule has 1 aromatic heterocycles. The number of hydrogen-bond acceptors (Lipinski definition) is 2. The van der Waals surface area contributed by atoms with Crippen molar-refractivity contribution in [3.63, 3.8) is 0 Å². The van der Waals surface area contributed by atoms with Crippen LogP contribution in [0.4, 0.5) is 0 Å². The van der Waals surface area contributed by atoms with Gasteiger partial charge in [-0.25, -0.2) is 0 Å². The van der Waals surface area contributed by atoms with Crippen molar-refractivity contribution in [3.05, 3.63) is 39.5 Å². The molecule has 0 saturated carbocycles. The summed E-state index contributed by atoms with van der Waals surface area (Å²) in [5.74, 6) is -0.822. The highest BCUT2D eigenvalue weighted by atomic mass is 35.5. The molecule has 0 aliphatic rings. The van der Waals surface area contributed by atoms with Gasteiger partial charge in [0, 0.05) is 17.5 Å². The molecular weight excluding hydrogens is 273 g/mol. The zero-order valence-corrected chi connectivity index (χ0v) is 11.2. The van der Waals surface area contributed by atoms with Crippen molar-refractivity contribution in [1.82, 2.24) is 4.98 Å². The topological polar surface area (TPSA) is 50.2 Å². The average Bonchev–Trinajstić information content (AvgIpc) is 2.31. The number of rotatable bonds is 3. The number of aliphatic carboxylic acids is 1. The number of aromatic nitrogens is 1. The Balaban J connectivity index is 2.59. The van der Waals surface area contributed by atoms with Gasteiger partial charge in [-0.05, 0) is 31.0 Å². The molecular formula is C13H11Cl2NO2. The molecule has 0 aliphatic carbocycles. The first-order valence-electron chi connectivity index (χ1n) is 5.45. The molecule has 18 heavy (non-hydrogen) atoms. The third-order valence-corrected chi connectivity index (χ3v) is 3.49. The van der Waals surface area contributed by atoms with Crippen molar-refractivity contribution >= 4 is 40.1 Å². The number of carboxylic acids is 1. The van der Waals surface area contributed by atoms with E-state index < -0.39 is 5.97 Å². The number of carbonyl (C=O) groups is 1. The lowest BCUT2D eigenvalue weighted by Crippen LogP contribution is -1.99. The van der Waals surface area contributed by atoms with E-state index in [1.807, 2.05) is 19.1 Å². The molecule has 2 aromatic rings. The van der Waals surface area contributed by atoms with Crippen LogP contribution < -0.4 is 0 Å². The van der Waals surface area contributed by atoms with Gasteiger partial charge < -0.3 is 5.11 Å². The first-order valence-corrected chi connectivity index (χ1v) is 6.20. The van der Waals surface area contributed by atoms with Crippen molar-refractivity contribution < 1.29 is 9.90 Å². The standard InChI is InChI=1S/C13H11Cl2NO2/c1-7-6-8(2-5-11(17)18)9-3-4-10(14)12(15)13(9)16-7/h3-4,6H,2,5H2,1H3,(H,17,18). The van der Waals surface area contributed by atoms with Crippen LogP contribution in [0.2, 0.25) is 10.0 Å². The Morgan fingerprint density at radius 3 is 2.78 bits per heavy atom. The quantitative estimate of drug-likeness (QED) is 0.930. The van der Waals surface area contributed by atoms with Gasteiger partial charge in [-0.1, -0.05) is 29.3 Å². The van der Waals surface area contributed by atoms with Crippen molar-refractivity contribution in [3.8, 4) is 0 Å². The van der Waals surface area contributed by atoms with E-state index in [9.17, 15) is 4.79 Å². The molecule has 94 valence electrons. The Kier molecular flexibility index (Phi) is 3.73. The van der Waals surface area contributed by atoms with Gasteiger partial charge in [0.1, 0.15) is 0 Å². The van der Waals surface area contributed by atoms with Gasteiger partial charge in [0.2, 0.25) is 0 Å². The summed E-state index contributed by atoms with van der Waals surface area (Å²) >= 11 is 12.1. The number of pyridine rings is 1. The smallest absolute Gasteiger partial charge is 0.303 e. The molecule has 0 spiro atoms. The third-order valence-electron chi connectivity index (χ3n) is 2.69. The highest BCUT2D eigenvalue weighted by Gasteiger charge is 2.11. The lowest BCUT2D eigenvalue weighted by molar-refractivity contribution is -0.136. The zero-order valence-electron chi connectivity index (χ0n) is 9.70. The van der Waals surface area contributed by atoms with Crippen molar-refractivity contribution in [1.29, 1.82) is 0 Å². The van der Waals surface area contributed by atoms with Gasteiger partial charge >= 0.3 is 5.97 Å². The molecule has 0 aliphatic heterocycles. The fraction of sp³-hybridized carbons (Fsp3) is 0.231. The van der Waals surface area contributed by atoms with E-state index in [1.165, 1.54) is 0 Å². The molecule has 0 bridgehead atoms. The van der Waals surface area contributed by atoms with Crippen LogP contribution in [0.15, 0.2) is 18.2 Å². The maximum Gasteiger partial charge on any atom is 0.303 e. The molecule has 0 atom stereocenters. The van der Waals surface area contributed by atoms with Gasteiger partial charge in [0.05, 0.1) is 15.6 Å². The van der Waals surface area contributed by atoms with Crippen molar-refractivity contribution in [2.45, 2.75) is 19.8 Å². The maximum absolute atomic E-state index is 10.7. The fourth-order valence-corrected chi connectivity index (χ4v) is 2.25. The second kappa shape index (κ2) is 5.12. The van der Waals surface area contributed by atoms with Gasteiger partial charge in [0.15, 0.2) is 0 Å². The Bertz CT molecular complexity index is 626. The minimum absolute atomic E-state index is 0.0821. The van der Waals surface area contributed by atoms with Crippen molar-refractivity contribution in [2.24, 2.45) is 0 Å². The summed E-state index contributed by atoms with van der Waals surface area (Å²) in [7, 11) is 0. The number of benzene rings is 1. The Labute approximate surface area is 114 Å². The predicted molar refractivity (Wildman–Crippen MR) is 72.5 cm³/mol. The van der Waals surface area contributed by atoms with Crippen LogP contribution >= 0.6 is 23.2 Å². The third kappa shape index (κ3) is 2.57. The van der Waals surface area contributed by atoms with Gasteiger partial charge in [-0.3, -0.25) is 9.78 Å². The largest absolute Gasteiger partial charge is 0.481 e. The minimum atomic E-state index is -0.822. The molecule has 0 fully saturated rings. The molecule has 1 aromatic carbocycles. The van der Waals surface area contributed by atoms with Gasteiger partial charge in [-0.15, -0.1) is 0 Å². The summed E-state index contributed by atoms with van der Waals surface area (Å²) in [6.07, 6.45) is 0.534. The summed E-state index contributed by atoms with van der Waals surface area (Å²) in [4.78, 5) is 15.0. The molecule has 2 rings (SSSR count). The molecule has 0 saturated heterocycles. The average molecular weight is 284 g/mol. The molecule has 1 N–H and O–H groups in total. The summed E-state index contributed by atoms with van der Waals surface area (Å²) in [6, 6.07) is 5.41. The second-order valence-electron chi connectivity index (χ2n) is 4.07. The monoisotopic (exact) mass is 283 g/mol. The first kappa shape index (κ1) is 13.1. The second-order valence-corrected chi connectivity index (χ2v) is 4.86. The van der Waals surface area contributed by atoms with Crippen LogP contribution in [-0.4, -0.2) is 16.1 Å². The van der Waals surface area contributed by atoms with Crippen molar-refractivity contribution in [2.75, 3.05) is 0 Å². The Morgan fingerprint density at radius 2 is 2.11 bits per heavy atom. The number of aryl methyl sites for hydroxylation is 2. The first-order chi connectivity index (χ1) is 8.49. The molecule has 0 amide bonds. The van der Waals surface area contributed by atoms with Crippen LogP contribution in [0.3, 0.4) is 0 Å². The molecule has 1 heterocycles. The van der Waals surface area contributed by atoms with E-state index in [4.69, 9.17) is 28.3 Å². The highest BCUT2D eigenvalue weighted by molar-refractivity contribution is 6.45. The van der Waals surface area contributed by atoms with E-state index in [1.54, 1.807) is 6.07 Å². The normalized spacial score (nSPS) is 10.8. The van der Waals surface area contributed by atoms with Crippen LogP contribution in [0, 0.1) is 6.92 Å². The lowest BCUT2D eigenvalue weighted by Gasteiger charge is -2.09. The molecule has 0 unspecified atom stereocenters. The highest BCUT2D eigenvalue weighted by Crippen LogP contribution is 2.31. The van der Waals surface area contributed by atoms with Gasteiger partial charge in [0.25, 0.3) is 0 Å². The van der Waals surface area contributed by atoms with Crippen LogP contribution in [0.1, 0.15) is 17.7 Å². The van der Waals surface area contributed by atoms with E-state index in [0.717, 1.165) is 16.6 Å². The van der Waals surface area contributed by atoms with Crippen LogP contribution in [0.5, 0.6) is 0 Å². The zero-order chi connectivity index (χ0) is 13.3. The number of halogens is 2. The maximum atomic E-state index is 10.7. The number of hydrogen-bond donors (Lipinski definition) is 1. The summed E-state index contributed by atoms with van der Waals surface area (Å²) in [6.45, 7) is 1.85. The fourth-order valence-electron chi connectivity index (χ4n) is 1.90. The summed E-state index contributed by atoms with van der Waals surface area (Å²) < 4.78 is 0. The van der Waals surface area contributed by atoms with E-state index in [-0.39, 0.29) is 6.42 Å². The lowest BCUT2D eigenvalue weighted by atomic mass is 10.0. The Morgan fingerprint density at radius 1 is 1.39 bits per heavy atom. The summed E-state index contributed by atoms with van der Waals surface area (Å²) in [5.41, 5.74) is 2.36. The summed E-state index contributed by atoms with van der Waals surface area (Å²) in [5, 5.41) is 10.5. The van der Waals surface area contributed by atoms with E-state index >= 15 is 0 Å². The minimum Gasteiger partial charge on any atom is -0.481 e. The van der Waals surface area contributed by atoms with Crippen LogP contribution in [0.25, 0.3) is 10.9 Å². The number of fused-ring (bicyclic) bond motifs is 1. The Hall–Kier alpha value is -1.32. The van der Waals surface area contributed by atoms with E-state index in [0.29, 0.717) is 22.0 Å². The number of nitrogens with zero attached hydrogens (tertiary/aromatic N) is 1. The SMILES string of the molecule is Cc1cc(CCC(=O)O)c2ccc(Cl)c(Cl)c2n1.